The highest BCUT2D eigenvalue weighted by atomic mass is 32.1. The van der Waals surface area contributed by atoms with Gasteiger partial charge < -0.3 is 15.8 Å². The fourth-order valence-corrected chi connectivity index (χ4v) is 2.23. The van der Waals surface area contributed by atoms with Crippen LogP contribution in [0.1, 0.15) is 30.6 Å². The zero-order valence-corrected chi connectivity index (χ0v) is 11.4. The van der Waals surface area contributed by atoms with Gasteiger partial charge in [-0.05, 0) is 24.8 Å². The minimum atomic E-state index is -0.421. The van der Waals surface area contributed by atoms with Gasteiger partial charge in [0.15, 0.2) is 0 Å². The van der Waals surface area contributed by atoms with Gasteiger partial charge >= 0.3 is 5.97 Å². The highest BCUT2D eigenvalue weighted by Crippen LogP contribution is 2.24. The maximum absolute atomic E-state index is 11.9. The van der Waals surface area contributed by atoms with Crippen LogP contribution in [0.25, 0.3) is 0 Å². The molecule has 1 aromatic rings. The Morgan fingerprint density at radius 3 is 2.78 bits per heavy atom. The monoisotopic (exact) mass is 270 g/mol. The number of nitrogens with two attached hydrogens (primary N) is 1. The molecule has 1 rings (SSSR count). The molecular weight excluding hydrogens is 252 g/mol. The first kappa shape index (κ1) is 14.7. The fraction of sp³-hybridized carbons (Fsp3) is 0.500. The van der Waals surface area contributed by atoms with Crippen LogP contribution < -0.4 is 11.1 Å². The van der Waals surface area contributed by atoms with E-state index in [0.29, 0.717) is 30.1 Å². The fourth-order valence-electron chi connectivity index (χ4n) is 1.45. The molecule has 18 heavy (non-hydrogen) atoms. The maximum atomic E-state index is 11.9. The third-order valence-corrected chi connectivity index (χ3v) is 3.38. The van der Waals surface area contributed by atoms with Crippen molar-refractivity contribution in [3.8, 4) is 0 Å². The van der Waals surface area contributed by atoms with E-state index in [0.717, 1.165) is 0 Å². The number of hydrogen-bond donors (Lipinski definition) is 2. The molecule has 6 heteroatoms. The van der Waals surface area contributed by atoms with Crippen molar-refractivity contribution in [2.24, 2.45) is 11.7 Å². The van der Waals surface area contributed by atoms with Gasteiger partial charge in [-0.25, -0.2) is 4.79 Å². The molecule has 5 nitrogen and oxygen atoms in total. The number of nitrogens with one attached hydrogen (secondary N) is 1. The van der Waals surface area contributed by atoms with Gasteiger partial charge in [0.25, 0.3) is 0 Å². The summed E-state index contributed by atoms with van der Waals surface area (Å²) in [6, 6.07) is 1.64. The third kappa shape index (κ3) is 3.54. The van der Waals surface area contributed by atoms with E-state index in [-0.39, 0.29) is 11.8 Å². The zero-order chi connectivity index (χ0) is 13.5. The number of ether oxygens (including phenoxy) is 1. The predicted octanol–water partition coefficient (Wildman–Crippen LogP) is 1.85. The minimum absolute atomic E-state index is 0.159. The molecule has 1 aromatic heterocycles. The summed E-state index contributed by atoms with van der Waals surface area (Å²) >= 11 is 1.30. The molecule has 0 radical (unpaired) electrons. The number of amides is 1. The second kappa shape index (κ2) is 7.13. The van der Waals surface area contributed by atoms with Crippen molar-refractivity contribution in [1.29, 1.82) is 0 Å². The molecule has 3 N–H and O–H groups in total. The van der Waals surface area contributed by atoms with Crippen molar-refractivity contribution >= 4 is 28.2 Å². The van der Waals surface area contributed by atoms with Crippen LogP contribution in [0.2, 0.25) is 0 Å². The first-order chi connectivity index (χ1) is 8.63. The highest BCUT2D eigenvalue weighted by molar-refractivity contribution is 7.14. The number of rotatable bonds is 6. The molecule has 0 saturated heterocycles. The topological polar surface area (TPSA) is 81.4 Å². The SMILES string of the molecule is CCOC(=O)c1ccsc1NC(=O)C(CC)CN. The van der Waals surface area contributed by atoms with Crippen molar-refractivity contribution in [1.82, 2.24) is 0 Å². The van der Waals surface area contributed by atoms with E-state index in [2.05, 4.69) is 5.32 Å². The normalized spacial score (nSPS) is 11.9. The molecule has 0 saturated carbocycles. The van der Waals surface area contributed by atoms with Crippen LogP contribution in [0.4, 0.5) is 5.00 Å². The van der Waals surface area contributed by atoms with Crippen LogP contribution in [0.3, 0.4) is 0 Å². The lowest BCUT2D eigenvalue weighted by Crippen LogP contribution is -2.28. The number of anilines is 1. The summed E-state index contributed by atoms with van der Waals surface area (Å²) in [6.45, 7) is 4.24. The van der Waals surface area contributed by atoms with Gasteiger partial charge in [0.1, 0.15) is 5.00 Å². The van der Waals surface area contributed by atoms with Gasteiger partial charge in [0, 0.05) is 6.54 Å². The first-order valence-electron chi connectivity index (χ1n) is 5.89. The van der Waals surface area contributed by atoms with E-state index in [1.165, 1.54) is 11.3 Å². The number of hydrogen-bond acceptors (Lipinski definition) is 5. The van der Waals surface area contributed by atoms with E-state index < -0.39 is 5.97 Å². The van der Waals surface area contributed by atoms with E-state index in [4.69, 9.17) is 10.5 Å². The number of carbonyl (C=O) groups is 2. The molecule has 1 atom stereocenters. The molecule has 0 aromatic carbocycles. The Bertz CT molecular complexity index is 413. The Labute approximate surface area is 110 Å². The number of carbonyl (C=O) groups excluding carboxylic acids is 2. The Hall–Kier alpha value is -1.40. The minimum Gasteiger partial charge on any atom is -0.462 e. The van der Waals surface area contributed by atoms with Crippen molar-refractivity contribution in [3.63, 3.8) is 0 Å². The van der Waals surface area contributed by atoms with Crippen molar-refractivity contribution in [3.05, 3.63) is 17.0 Å². The van der Waals surface area contributed by atoms with Gasteiger partial charge in [0.05, 0.1) is 18.1 Å². The maximum Gasteiger partial charge on any atom is 0.341 e. The Morgan fingerprint density at radius 1 is 1.50 bits per heavy atom. The molecule has 0 fully saturated rings. The average molecular weight is 270 g/mol. The summed E-state index contributed by atoms with van der Waals surface area (Å²) in [6.07, 6.45) is 0.669. The van der Waals surface area contributed by atoms with Gasteiger partial charge in [-0.2, -0.15) is 0 Å². The van der Waals surface area contributed by atoms with E-state index in [9.17, 15) is 9.59 Å². The van der Waals surface area contributed by atoms with Crippen LogP contribution >= 0.6 is 11.3 Å². The molecule has 1 heterocycles. The van der Waals surface area contributed by atoms with Gasteiger partial charge in [-0.3, -0.25) is 4.79 Å². The molecule has 0 aliphatic carbocycles. The second-order valence-corrected chi connectivity index (χ2v) is 4.63. The molecule has 1 unspecified atom stereocenters. The molecule has 0 bridgehead atoms. The Morgan fingerprint density at radius 2 is 2.22 bits per heavy atom. The summed E-state index contributed by atoms with van der Waals surface area (Å²) in [5.74, 6) is -0.815. The molecule has 100 valence electrons. The molecule has 0 aliphatic rings. The summed E-state index contributed by atoms with van der Waals surface area (Å²) in [5, 5.41) is 4.99. The summed E-state index contributed by atoms with van der Waals surface area (Å²) < 4.78 is 4.91. The Balaban J connectivity index is 2.76. The summed E-state index contributed by atoms with van der Waals surface area (Å²) in [4.78, 5) is 23.5. The molecule has 0 spiro atoms. The summed E-state index contributed by atoms with van der Waals surface area (Å²) in [7, 11) is 0. The lowest BCUT2D eigenvalue weighted by Gasteiger charge is -2.12. The van der Waals surface area contributed by atoms with E-state index in [1.54, 1.807) is 18.4 Å². The molecular formula is C12H18N2O3S. The smallest absolute Gasteiger partial charge is 0.341 e. The lowest BCUT2D eigenvalue weighted by molar-refractivity contribution is -0.119. The Kier molecular flexibility index (Phi) is 5.80. The van der Waals surface area contributed by atoms with Crippen LogP contribution in [0.15, 0.2) is 11.4 Å². The zero-order valence-electron chi connectivity index (χ0n) is 10.6. The van der Waals surface area contributed by atoms with Gasteiger partial charge in [0.2, 0.25) is 5.91 Å². The quantitative estimate of drug-likeness (QED) is 0.773. The van der Waals surface area contributed by atoms with Crippen molar-refractivity contribution < 1.29 is 14.3 Å². The highest BCUT2D eigenvalue weighted by Gasteiger charge is 2.19. The molecule has 1 amide bonds. The van der Waals surface area contributed by atoms with E-state index in [1.807, 2.05) is 6.92 Å². The van der Waals surface area contributed by atoms with Crippen LogP contribution in [0.5, 0.6) is 0 Å². The second-order valence-electron chi connectivity index (χ2n) is 3.71. The van der Waals surface area contributed by atoms with Gasteiger partial charge in [-0.1, -0.05) is 6.92 Å². The number of esters is 1. The first-order valence-corrected chi connectivity index (χ1v) is 6.77. The molecule has 0 aliphatic heterocycles. The lowest BCUT2D eigenvalue weighted by atomic mass is 10.1. The van der Waals surface area contributed by atoms with E-state index >= 15 is 0 Å². The summed E-state index contributed by atoms with van der Waals surface area (Å²) in [5.41, 5.74) is 5.90. The predicted molar refractivity (Wildman–Crippen MR) is 71.7 cm³/mol. The van der Waals surface area contributed by atoms with Gasteiger partial charge in [-0.15, -0.1) is 11.3 Å². The van der Waals surface area contributed by atoms with Crippen molar-refractivity contribution in [2.45, 2.75) is 20.3 Å². The third-order valence-electron chi connectivity index (χ3n) is 2.55. The van der Waals surface area contributed by atoms with Crippen molar-refractivity contribution in [2.75, 3.05) is 18.5 Å². The largest absolute Gasteiger partial charge is 0.462 e. The standard InChI is InChI=1S/C12H18N2O3S/c1-3-8(7-13)10(15)14-11-9(5-6-18-11)12(16)17-4-2/h5-6,8H,3-4,7,13H2,1-2H3,(H,14,15). The van der Waals surface area contributed by atoms with Crippen LogP contribution in [-0.4, -0.2) is 25.0 Å². The van der Waals surface area contributed by atoms with Crippen LogP contribution in [-0.2, 0) is 9.53 Å². The number of thiophene rings is 1. The average Bonchev–Trinajstić information content (AvgIpc) is 2.79. The van der Waals surface area contributed by atoms with Crippen LogP contribution in [0, 0.1) is 5.92 Å².